The van der Waals surface area contributed by atoms with Crippen LogP contribution in [0.2, 0.25) is 0 Å². The van der Waals surface area contributed by atoms with Crippen molar-refractivity contribution >= 4 is 34.1 Å². The molecule has 0 aliphatic carbocycles. The van der Waals surface area contributed by atoms with Gasteiger partial charge < -0.3 is 10.6 Å². The van der Waals surface area contributed by atoms with E-state index in [-0.39, 0.29) is 0 Å². The lowest BCUT2D eigenvalue weighted by Crippen LogP contribution is -2.00. The highest BCUT2D eigenvalue weighted by Gasteiger charge is 1.96. The number of nitrogens with zero attached hydrogens (tertiary/aromatic N) is 1. The molecular formula is C7H10IN3. The van der Waals surface area contributed by atoms with Crippen LogP contribution in [0.3, 0.4) is 0 Å². The molecule has 0 saturated carbocycles. The van der Waals surface area contributed by atoms with Gasteiger partial charge in [-0.15, -0.1) is 0 Å². The van der Waals surface area contributed by atoms with Crippen LogP contribution in [-0.2, 0) is 0 Å². The van der Waals surface area contributed by atoms with Crippen LogP contribution < -0.4 is 10.6 Å². The normalized spacial score (nSPS) is 9.27. The summed E-state index contributed by atoms with van der Waals surface area (Å²) in [5, 5.41) is 6.19. The lowest BCUT2D eigenvalue weighted by Gasteiger charge is -2.06. The zero-order chi connectivity index (χ0) is 8.10. The molecule has 60 valence electrons. The Balaban J connectivity index is 2.83. The maximum absolute atomic E-state index is 4.14. The molecule has 0 amide bonds. The van der Waals surface area contributed by atoms with E-state index < -0.39 is 0 Å². The highest BCUT2D eigenvalue weighted by Crippen LogP contribution is 2.16. The Labute approximate surface area is 79.7 Å². The molecular weight excluding hydrogens is 253 g/mol. The lowest BCUT2D eigenvalue weighted by atomic mass is 10.4. The molecule has 0 unspecified atom stereocenters. The zero-order valence-corrected chi connectivity index (χ0v) is 8.42. The fraction of sp³-hybridized carbons (Fsp3) is 0.286. The van der Waals surface area contributed by atoms with E-state index in [0.717, 1.165) is 16.1 Å². The van der Waals surface area contributed by atoms with Crippen LogP contribution in [0.1, 0.15) is 0 Å². The van der Waals surface area contributed by atoms with Crippen LogP contribution in [0, 0.1) is 0 Å². The Morgan fingerprint density at radius 2 is 2.45 bits per heavy atom. The number of halogens is 1. The highest BCUT2D eigenvalue weighted by atomic mass is 127. The predicted octanol–water partition coefficient (Wildman–Crippen LogP) is 1.93. The molecule has 2 N–H and O–H groups in total. The first-order chi connectivity index (χ1) is 5.38. The smallest absolute Gasteiger partial charge is 0.149 e. The maximum atomic E-state index is 4.14. The van der Waals surface area contributed by atoms with Gasteiger partial charge in [-0.3, -0.25) is 0 Å². The van der Waals surface area contributed by atoms with E-state index in [1.807, 2.05) is 19.2 Å². The van der Waals surface area contributed by atoms with Crippen molar-refractivity contribution in [2.24, 2.45) is 0 Å². The van der Waals surface area contributed by atoms with Gasteiger partial charge in [-0.05, 0) is 12.1 Å². The summed E-state index contributed by atoms with van der Waals surface area (Å²) in [4.78, 5) is 4.14. The SMILES string of the molecule is CNc1ncccc1NCI. The van der Waals surface area contributed by atoms with Crippen LogP contribution in [0.5, 0.6) is 0 Å². The van der Waals surface area contributed by atoms with Crippen molar-refractivity contribution in [1.82, 2.24) is 4.98 Å². The first kappa shape index (κ1) is 8.58. The van der Waals surface area contributed by atoms with Gasteiger partial charge in [-0.25, -0.2) is 4.98 Å². The van der Waals surface area contributed by atoms with Gasteiger partial charge >= 0.3 is 0 Å². The van der Waals surface area contributed by atoms with E-state index in [0.29, 0.717) is 0 Å². The van der Waals surface area contributed by atoms with Crippen LogP contribution in [0.15, 0.2) is 18.3 Å². The van der Waals surface area contributed by atoms with Gasteiger partial charge in [0.1, 0.15) is 5.82 Å². The summed E-state index contributed by atoms with van der Waals surface area (Å²) in [7, 11) is 1.86. The molecule has 0 aliphatic heterocycles. The summed E-state index contributed by atoms with van der Waals surface area (Å²) in [6.45, 7) is 0. The third kappa shape index (κ3) is 2.21. The highest BCUT2D eigenvalue weighted by molar-refractivity contribution is 14.1. The largest absolute Gasteiger partial charge is 0.373 e. The zero-order valence-electron chi connectivity index (χ0n) is 6.26. The van der Waals surface area contributed by atoms with Crippen LogP contribution >= 0.6 is 22.6 Å². The van der Waals surface area contributed by atoms with Gasteiger partial charge in [0, 0.05) is 13.2 Å². The van der Waals surface area contributed by atoms with Crippen molar-refractivity contribution in [1.29, 1.82) is 0 Å². The second-order valence-corrected chi connectivity index (χ2v) is 2.72. The quantitative estimate of drug-likeness (QED) is 0.497. The van der Waals surface area contributed by atoms with Crippen molar-refractivity contribution in [3.8, 4) is 0 Å². The van der Waals surface area contributed by atoms with Crippen LogP contribution in [0.25, 0.3) is 0 Å². The Morgan fingerprint density at radius 3 is 3.09 bits per heavy atom. The third-order valence-electron chi connectivity index (χ3n) is 1.30. The van der Waals surface area contributed by atoms with Crippen molar-refractivity contribution in [2.75, 3.05) is 22.2 Å². The van der Waals surface area contributed by atoms with Gasteiger partial charge in [-0.1, -0.05) is 22.6 Å². The number of anilines is 2. The number of alkyl halides is 1. The second kappa shape index (κ2) is 4.38. The van der Waals surface area contributed by atoms with Crippen LogP contribution in [0.4, 0.5) is 11.5 Å². The molecule has 1 rings (SSSR count). The molecule has 0 spiro atoms. The topological polar surface area (TPSA) is 37.0 Å². The number of pyridine rings is 1. The van der Waals surface area contributed by atoms with Gasteiger partial charge in [0.2, 0.25) is 0 Å². The molecule has 1 aromatic heterocycles. The van der Waals surface area contributed by atoms with E-state index in [1.54, 1.807) is 6.20 Å². The molecule has 1 aromatic rings. The Bertz CT molecular complexity index is 227. The molecule has 11 heavy (non-hydrogen) atoms. The average molecular weight is 263 g/mol. The van der Waals surface area contributed by atoms with Crippen molar-refractivity contribution in [3.63, 3.8) is 0 Å². The van der Waals surface area contributed by atoms with E-state index in [9.17, 15) is 0 Å². The number of hydrogen-bond acceptors (Lipinski definition) is 3. The molecule has 3 nitrogen and oxygen atoms in total. The fourth-order valence-electron chi connectivity index (χ4n) is 0.819. The first-order valence-corrected chi connectivity index (χ1v) is 4.83. The van der Waals surface area contributed by atoms with E-state index in [1.165, 1.54) is 0 Å². The van der Waals surface area contributed by atoms with Gasteiger partial charge in [0.15, 0.2) is 0 Å². The van der Waals surface area contributed by atoms with Gasteiger partial charge in [-0.2, -0.15) is 0 Å². The number of rotatable bonds is 3. The van der Waals surface area contributed by atoms with Crippen molar-refractivity contribution in [3.05, 3.63) is 18.3 Å². The number of hydrogen-bond donors (Lipinski definition) is 2. The summed E-state index contributed by atoms with van der Waals surface area (Å²) in [5.41, 5.74) is 1.05. The minimum atomic E-state index is 0.887. The summed E-state index contributed by atoms with van der Waals surface area (Å²) >= 11 is 2.26. The second-order valence-electron chi connectivity index (χ2n) is 1.96. The van der Waals surface area contributed by atoms with Gasteiger partial charge in [0.05, 0.1) is 10.2 Å². The molecule has 0 aliphatic rings. The minimum absolute atomic E-state index is 0.887. The Morgan fingerprint density at radius 1 is 1.64 bits per heavy atom. The van der Waals surface area contributed by atoms with E-state index in [2.05, 4.69) is 38.2 Å². The third-order valence-corrected chi connectivity index (χ3v) is 1.68. The maximum Gasteiger partial charge on any atom is 0.149 e. The van der Waals surface area contributed by atoms with E-state index in [4.69, 9.17) is 0 Å². The standard InChI is InChI=1S/C7H10IN3/c1-9-7-6(11-5-8)3-2-4-10-7/h2-4,11H,5H2,1H3,(H,9,10). The monoisotopic (exact) mass is 263 g/mol. The molecule has 0 saturated heterocycles. The number of aromatic nitrogens is 1. The molecule has 4 heteroatoms. The molecule has 0 radical (unpaired) electrons. The van der Waals surface area contributed by atoms with Gasteiger partial charge in [0.25, 0.3) is 0 Å². The van der Waals surface area contributed by atoms with E-state index >= 15 is 0 Å². The molecule has 0 aromatic carbocycles. The molecule has 1 heterocycles. The Hall–Kier alpha value is -0.520. The fourth-order valence-corrected chi connectivity index (χ4v) is 1.23. The average Bonchev–Trinajstić information content (AvgIpc) is 2.06. The van der Waals surface area contributed by atoms with Crippen LogP contribution in [-0.4, -0.2) is 16.6 Å². The number of nitrogens with one attached hydrogen (secondary N) is 2. The minimum Gasteiger partial charge on any atom is -0.373 e. The predicted molar refractivity (Wildman–Crippen MR) is 56.3 cm³/mol. The summed E-state index contributed by atoms with van der Waals surface area (Å²) in [5.74, 6) is 0.893. The first-order valence-electron chi connectivity index (χ1n) is 3.31. The summed E-state index contributed by atoms with van der Waals surface area (Å²) in [6.07, 6.45) is 1.77. The summed E-state index contributed by atoms with van der Waals surface area (Å²) < 4.78 is 0.887. The lowest BCUT2D eigenvalue weighted by molar-refractivity contribution is 1.27. The summed E-state index contributed by atoms with van der Waals surface area (Å²) in [6, 6.07) is 3.91. The molecule has 0 atom stereocenters. The van der Waals surface area contributed by atoms with Crippen molar-refractivity contribution < 1.29 is 0 Å². The molecule has 0 bridgehead atoms. The Kier molecular flexibility index (Phi) is 3.41. The van der Waals surface area contributed by atoms with Crippen molar-refractivity contribution in [2.45, 2.75) is 0 Å². The molecule has 0 fully saturated rings.